The quantitative estimate of drug-likeness (QED) is 0.369. The van der Waals surface area contributed by atoms with Gasteiger partial charge in [-0.05, 0) is 28.1 Å². The molecule has 0 bridgehead atoms. The topological polar surface area (TPSA) is 17.8 Å². The highest BCUT2D eigenvalue weighted by Crippen LogP contribution is 2.41. The van der Waals surface area contributed by atoms with Crippen molar-refractivity contribution >= 4 is 67.4 Å². The molecule has 26 heavy (non-hydrogen) atoms. The minimum atomic E-state index is -4.93. The standard InChI is InChI=1S/C13H3BrCl4F6N2/c14-11(18)8(17)5-3-26(25-10(5)13(22,23)24)9-6(15)1-4(2-7(9)16)12(19,20)21/h1-3H. The van der Waals surface area contributed by atoms with Crippen molar-refractivity contribution < 1.29 is 26.3 Å². The van der Waals surface area contributed by atoms with Crippen molar-refractivity contribution in [1.82, 2.24) is 9.78 Å². The Morgan fingerprint density at radius 3 is 1.85 bits per heavy atom. The summed E-state index contributed by atoms with van der Waals surface area (Å²) in [5.41, 5.74) is -3.59. The fourth-order valence-electron chi connectivity index (χ4n) is 1.91. The third-order valence-corrected chi connectivity index (χ3v) is 4.84. The number of alkyl halides is 6. The molecule has 0 saturated heterocycles. The predicted molar refractivity (Wildman–Crippen MR) is 91.1 cm³/mol. The number of benzene rings is 1. The van der Waals surface area contributed by atoms with E-state index in [1.165, 1.54) is 0 Å². The zero-order valence-electron chi connectivity index (χ0n) is 11.8. The van der Waals surface area contributed by atoms with Crippen molar-refractivity contribution in [3.05, 3.63) is 49.1 Å². The van der Waals surface area contributed by atoms with Gasteiger partial charge in [-0.15, -0.1) is 0 Å². The van der Waals surface area contributed by atoms with Crippen LogP contribution < -0.4 is 0 Å². The molecule has 1 aromatic carbocycles. The molecule has 2 aromatic rings. The second-order valence-electron chi connectivity index (χ2n) is 4.69. The summed E-state index contributed by atoms with van der Waals surface area (Å²) in [6.45, 7) is 0. The summed E-state index contributed by atoms with van der Waals surface area (Å²) in [6.07, 6.45) is -8.87. The lowest BCUT2D eigenvalue weighted by atomic mass is 10.2. The van der Waals surface area contributed by atoms with Gasteiger partial charge in [0.25, 0.3) is 0 Å². The third kappa shape index (κ3) is 4.44. The molecule has 0 amide bonds. The minimum absolute atomic E-state index is 0.325. The first-order chi connectivity index (χ1) is 11.7. The van der Waals surface area contributed by atoms with Gasteiger partial charge in [-0.2, -0.15) is 31.4 Å². The van der Waals surface area contributed by atoms with Crippen molar-refractivity contribution in [2.45, 2.75) is 12.4 Å². The lowest BCUT2D eigenvalue weighted by Gasteiger charge is -2.12. The molecule has 0 N–H and O–H groups in total. The summed E-state index contributed by atoms with van der Waals surface area (Å²) in [5, 5.41) is 1.69. The molecule has 1 aromatic heterocycles. The van der Waals surface area contributed by atoms with E-state index >= 15 is 0 Å². The van der Waals surface area contributed by atoms with E-state index in [1.54, 1.807) is 0 Å². The molecule has 0 aliphatic heterocycles. The molecule has 142 valence electrons. The van der Waals surface area contributed by atoms with Crippen LogP contribution in [-0.4, -0.2) is 9.78 Å². The van der Waals surface area contributed by atoms with Crippen LogP contribution in [0.2, 0.25) is 10.0 Å². The van der Waals surface area contributed by atoms with Crippen LogP contribution in [0.4, 0.5) is 26.3 Å². The molecule has 0 atom stereocenters. The Morgan fingerprint density at radius 1 is 0.962 bits per heavy atom. The van der Waals surface area contributed by atoms with Crippen molar-refractivity contribution in [3.8, 4) is 5.69 Å². The lowest BCUT2D eigenvalue weighted by molar-refractivity contribution is -0.141. The maximum Gasteiger partial charge on any atom is 0.435 e. The fraction of sp³-hybridized carbons (Fsp3) is 0.154. The van der Waals surface area contributed by atoms with Gasteiger partial charge in [0, 0.05) is 11.8 Å². The molecule has 1 heterocycles. The largest absolute Gasteiger partial charge is 0.435 e. The van der Waals surface area contributed by atoms with Crippen LogP contribution in [0.5, 0.6) is 0 Å². The van der Waals surface area contributed by atoms with E-state index in [0.717, 1.165) is 6.20 Å². The monoisotopic (exact) mass is 520 g/mol. The summed E-state index contributed by atoms with van der Waals surface area (Å²) in [4.78, 5) is 0. The SMILES string of the molecule is FC(F)(F)c1cc(Cl)c(-n2cc(C(Cl)=C(Cl)Br)c(C(F)(F)F)n2)c(Cl)c1. The number of halogens is 11. The Bertz CT molecular complexity index is 861. The van der Waals surface area contributed by atoms with Gasteiger partial charge in [-0.25, -0.2) is 4.68 Å². The first kappa shape index (κ1) is 21.7. The number of hydrogen-bond acceptors (Lipinski definition) is 1. The maximum atomic E-state index is 13.2. The molecule has 0 radical (unpaired) electrons. The highest BCUT2D eigenvalue weighted by atomic mass is 79.9. The molecular weight excluding hydrogens is 520 g/mol. The molecule has 2 nitrogen and oxygen atoms in total. The van der Waals surface area contributed by atoms with E-state index in [0.29, 0.717) is 16.8 Å². The third-order valence-electron chi connectivity index (χ3n) is 2.96. The van der Waals surface area contributed by atoms with Gasteiger partial charge in [-0.3, -0.25) is 0 Å². The van der Waals surface area contributed by atoms with Crippen LogP contribution >= 0.6 is 62.3 Å². The first-order valence-electron chi connectivity index (χ1n) is 6.18. The Balaban J connectivity index is 2.73. The van der Waals surface area contributed by atoms with Gasteiger partial charge in [0.2, 0.25) is 0 Å². The summed E-state index contributed by atoms with van der Waals surface area (Å²) in [7, 11) is 0. The summed E-state index contributed by atoms with van der Waals surface area (Å²) >= 11 is 25.6. The zero-order valence-corrected chi connectivity index (χ0v) is 16.4. The van der Waals surface area contributed by atoms with Crippen LogP contribution in [0.1, 0.15) is 16.8 Å². The van der Waals surface area contributed by atoms with Gasteiger partial charge >= 0.3 is 12.4 Å². The van der Waals surface area contributed by atoms with Gasteiger partial charge in [-0.1, -0.05) is 46.4 Å². The molecule has 0 spiro atoms. The average Bonchev–Trinajstić information content (AvgIpc) is 2.89. The van der Waals surface area contributed by atoms with Crippen molar-refractivity contribution in [1.29, 1.82) is 0 Å². The fourth-order valence-corrected chi connectivity index (χ4v) is 3.02. The Hall–Kier alpha value is -0.610. The molecule has 0 aliphatic rings. The van der Waals surface area contributed by atoms with E-state index < -0.39 is 44.3 Å². The second-order valence-corrected chi connectivity index (χ2v) is 7.51. The van der Waals surface area contributed by atoms with E-state index in [-0.39, 0.29) is 9.63 Å². The normalized spacial score (nSPS) is 13.8. The van der Waals surface area contributed by atoms with Gasteiger partial charge in [0.05, 0.1) is 20.6 Å². The molecule has 0 fully saturated rings. The Labute approximate surface area is 170 Å². The highest BCUT2D eigenvalue weighted by molar-refractivity contribution is 9.12. The van der Waals surface area contributed by atoms with Crippen LogP contribution in [-0.2, 0) is 12.4 Å². The van der Waals surface area contributed by atoms with Crippen LogP contribution in [0.15, 0.2) is 22.3 Å². The lowest BCUT2D eigenvalue weighted by Crippen LogP contribution is -2.10. The summed E-state index contributed by atoms with van der Waals surface area (Å²) in [6, 6.07) is 1.04. The number of hydrogen-bond donors (Lipinski definition) is 0. The average molecular weight is 523 g/mol. The van der Waals surface area contributed by atoms with E-state index in [1.807, 2.05) is 0 Å². The first-order valence-corrected chi connectivity index (χ1v) is 8.48. The highest BCUT2D eigenvalue weighted by Gasteiger charge is 2.39. The van der Waals surface area contributed by atoms with Crippen molar-refractivity contribution in [2.75, 3.05) is 0 Å². The number of aromatic nitrogens is 2. The minimum Gasteiger partial charge on any atom is -0.237 e. The van der Waals surface area contributed by atoms with E-state index in [2.05, 4.69) is 21.0 Å². The Morgan fingerprint density at radius 2 is 1.46 bits per heavy atom. The van der Waals surface area contributed by atoms with Gasteiger partial charge < -0.3 is 0 Å². The Kier molecular flexibility index (Phi) is 6.19. The molecule has 2 rings (SSSR count). The van der Waals surface area contributed by atoms with E-state index in [9.17, 15) is 26.3 Å². The van der Waals surface area contributed by atoms with Crippen molar-refractivity contribution in [2.24, 2.45) is 0 Å². The summed E-state index contributed by atoms with van der Waals surface area (Å²) in [5.74, 6) is 0. The van der Waals surface area contributed by atoms with Crippen LogP contribution in [0.3, 0.4) is 0 Å². The predicted octanol–water partition coefficient (Wildman–Crippen LogP) is 7.72. The maximum absolute atomic E-state index is 13.2. The molecule has 0 saturated carbocycles. The number of nitrogens with zero attached hydrogens (tertiary/aromatic N) is 2. The smallest absolute Gasteiger partial charge is 0.237 e. The van der Waals surface area contributed by atoms with Crippen LogP contribution in [0.25, 0.3) is 10.7 Å². The zero-order chi connectivity index (χ0) is 20.0. The van der Waals surface area contributed by atoms with Gasteiger partial charge in [0.15, 0.2) is 5.69 Å². The molecule has 0 aliphatic carbocycles. The van der Waals surface area contributed by atoms with Crippen LogP contribution in [0, 0.1) is 0 Å². The molecule has 0 unspecified atom stereocenters. The van der Waals surface area contributed by atoms with E-state index in [4.69, 9.17) is 46.4 Å². The van der Waals surface area contributed by atoms with Crippen molar-refractivity contribution in [3.63, 3.8) is 0 Å². The number of rotatable bonds is 2. The molecule has 13 heteroatoms. The van der Waals surface area contributed by atoms with Gasteiger partial charge in [0.1, 0.15) is 9.63 Å². The summed E-state index contributed by atoms with van der Waals surface area (Å²) < 4.78 is 78.1. The second kappa shape index (κ2) is 7.43. The molecular formula is C13H3BrCl4F6N2.